The molecule has 0 radical (unpaired) electrons. The number of urea groups is 1. The Kier molecular flexibility index (Phi) is 5.16. The second-order valence-electron chi connectivity index (χ2n) is 5.27. The standard InChI is InChI=1S/C15H22N4O2/c1-17-10-13-3-2-8-19(13)14(20)12-6-4-11(5-7-12)9-18-15(16)21/h4-7,13,17H,2-3,8-10H2,1H3,(H3,16,18,21)/t13-/m0/s1. The first-order valence-corrected chi connectivity index (χ1v) is 7.19. The summed E-state index contributed by atoms with van der Waals surface area (Å²) < 4.78 is 0. The van der Waals surface area contributed by atoms with Crippen molar-refractivity contribution in [2.75, 3.05) is 20.1 Å². The third-order valence-electron chi connectivity index (χ3n) is 3.75. The lowest BCUT2D eigenvalue weighted by Crippen LogP contribution is -2.40. The van der Waals surface area contributed by atoms with Gasteiger partial charge in [0.05, 0.1) is 0 Å². The highest BCUT2D eigenvalue weighted by Crippen LogP contribution is 2.19. The second-order valence-corrected chi connectivity index (χ2v) is 5.27. The van der Waals surface area contributed by atoms with E-state index in [1.165, 1.54) is 0 Å². The van der Waals surface area contributed by atoms with Gasteiger partial charge in [0.25, 0.3) is 5.91 Å². The van der Waals surface area contributed by atoms with Crippen molar-refractivity contribution >= 4 is 11.9 Å². The molecule has 1 aromatic carbocycles. The fourth-order valence-corrected chi connectivity index (χ4v) is 2.67. The van der Waals surface area contributed by atoms with Crippen LogP contribution in [-0.2, 0) is 6.54 Å². The number of benzene rings is 1. The van der Waals surface area contributed by atoms with Gasteiger partial charge >= 0.3 is 6.03 Å². The molecule has 1 saturated heterocycles. The molecule has 1 aliphatic heterocycles. The SMILES string of the molecule is CNC[C@@H]1CCCN1C(=O)c1ccc(CNC(N)=O)cc1. The van der Waals surface area contributed by atoms with Crippen molar-refractivity contribution in [1.29, 1.82) is 0 Å². The Hall–Kier alpha value is -2.08. The number of nitrogens with zero attached hydrogens (tertiary/aromatic N) is 1. The Labute approximate surface area is 124 Å². The molecule has 3 amide bonds. The van der Waals surface area contributed by atoms with E-state index in [-0.39, 0.29) is 11.9 Å². The van der Waals surface area contributed by atoms with Crippen LogP contribution in [0.1, 0.15) is 28.8 Å². The molecular weight excluding hydrogens is 268 g/mol. The average molecular weight is 290 g/mol. The van der Waals surface area contributed by atoms with Gasteiger partial charge in [-0.1, -0.05) is 12.1 Å². The maximum atomic E-state index is 12.5. The van der Waals surface area contributed by atoms with Crippen LogP contribution in [0.25, 0.3) is 0 Å². The van der Waals surface area contributed by atoms with Crippen LogP contribution in [0.4, 0.5) is 4.79 Å². The zero-order chi connectivity index (χ0) is 15.2. The number of carbonyl (C=O) groups excluding carboxylic acids is 2. The summed E-state index contributed by atoms with van der Waals surface area (Å²) in [5.74, 6) is 0.0714. The number of likely N-dealkylation sites (N-methyl/N-ethyl adjacent to an activating group) is 1. The molecule has 1 aromatic rings. The van der Waals surface area contributed by atoms with E-state index >= 15 is 0 Å². The highest BCUT2D eigenvalue weighted by molar-refractivity contribution is 5.94. The first-order valence-electron chi connectivity index (χ1n) is 7.19. The summed E-state index contributed by atoms with van der Waals surface area (Å²) in [5, 5.41) is 5.66. The minimum Gasteiger partial charge on any atom is -0.352 e. The van der Waals surface area contributed by atoms with Gasteiger partial charge in [-0.3, -0.25) is 4.79 Å². The number of amides is 3. The summed E-state index contributed by atoms with van der Waals surface area (Å²) in [4.78, 5) is 25.1. The number of nitrogens with two attached hydrogens (primary N) is 1. The van der Waals surface area contributed by atoms with E-state index in [1.54, 1.807) is 12.1 Å². The average Bonchev–Trinajstić information content (AvgIpc) is 2.93. The van der Waals surface area contributed by atoms with Crippen molar-refractivity contribution in [3.63, 3.8) is 0 Å². The normalized spacial score (nSPS) is 17.8. The zero-order valence-electron chi connectivity index (χ0n) is 12.3. The number of rotatable bonds is 5. The summed E-state index contributed by atoms with van der Waals surface area (Å²) in [6.45, 7) is 2.01. The monoisotopic (exact) mass is 290 g/mol. The molecule has 1 aliphatic rings. The molecule has 2 rings (SSSR count). The Balaban J connectivity index is 2.00. The first-order chi connectivity index (χ1) is 10.1. The van der Waals surface area contributed by atoms with E-state index in [9.17, 15) is 9.59 Å². The van der Waals surface area contributed by atoms with Crippen molar-refractivity contribution < 1.29 is 9.59 Å². The Bertz CT molecular complexity index is 501. The first kappa shape index (κ1) is 15.3. The quantitative estimate of drug-likeness (QED) is 0.745. The van der Waals surface area contributed by atoms with Gasteiger partial charge in [0, 0.05) is 31.2 Å². The van der Waals surface area contributed by atoms with Crippen LogP contribution in [-0.4, -0.2) is 43.0 Å². The molecule has 0 saturated carbocycles. The number of hydrogen-bond acceptors (Lipinski definition) is 3. The molecule has 0 spiro atoms. The van der Waals surface area contributed by atoms with Gasteiger partial charge in [0.1, 0.15) is 0 Å². The van der Waals surface area contributed by atoms with Crippen LogP contribution in [0.3, 0.4) is 0 Å². The summed E-state index contributed by atoms with van der Waals surface area (Å²) >= 11 is 0. The maximum Gasteiger partial charge on any atom is 0.312 e. The molecule has 4 N–H and O–H groups in total. The lowest BCUT2D eigenvalue weighted by atomic mass is 10.1. The lowest BCUT2D eigenvalue weighted by Gasteiger charge is -2.24. The molecule has 21 heavy (non-hydrogen) atoms. The Morgan fingerprint density at radius 3 is 2.67 bits per heavy atom. The van der Waals surface area contributed by atoms with Gasteiger partial charge in [-0.15, -0.1) is 0 Å². The third kappa shape index (κ3) is 3.95. The van der Waals surface area contributed by atoms with E-state index in [0.717, 1.165) is 31.5 Å². The number of nitrogens with one attached hydrogen (secondary N) is 2. The van der Waals surface area contributed by atoms with Gasteiger partial charge in [-0.25, -0.2) is 4.79 Å². The summed E-state index contributed by atoms with van der Waals surface area (Å²) in [6, 6.07) is 7.00. The van der Waals surface area contributed by atoms with Crippen molar-refractivity contribution in [2.24, 2.45) is 5.73 Å². The molecule has 1 heterocycles. The topological polar surface area (TPSA) is 87.5 Å². The molecular formula is C15H22N4O2. The Morgan fingerprint density at radius 2 is 2.05 bits per heavy atom. The second kappa shape index (κ2) is 7.08. The number of likely N-dealkylation sites (tertiary alicyclic amines) is 1. The van der Waals surface area contributed by atoms with E-state index in [2.05, 4.69) is 10.6 Å². The van der Waals surface area contributed by atoms with Gasteiger partial charge in [-0.05, 0) is 37.6 Å². The minimum atomic E-state index is -0.554. The van der Waals surface area contributed by atoms with E-state index in [1.807, 2.05) is 24.1 Å². The number of primary amides is 1. The summed E-state index contributed by atoms with van der Waals surface area (Å²) in [7, 11) is 1.90. The molecule has 0 bridgehead atoms. The molecule has 114 valence electrons. The molecule has 6 nitrogen and oxygen atoms in total. The van der Waals surface area contributed by atoms with Crippen LogP contribution in [0, 0.1) is 0 Å². The maximum absolute atomic E-state index is 12.5. The van der Waals surface area contributed by atoms with Crippen molar-refractivity contribution in [3.8, 4) is 0 Å². The molecule has 0 aliphatic carbocycles. The van der Waals surface area contributed by atoms with Gasteiger partial charge in [-0.2, -0.15) is 0 Å². The molecule has 6 heteroatoms. The highest BCUT2D eigenvalue weighted by Gasteiger charge is 2.28. The number of hydrogen-bond donors (Lipinski definition) is 3. The van der Waals surface area contributed by atoms with Crippen LogP contribution in [0.5, 0.6) is 0 Å². The van der Waals surface area contributed by atoms with E-state index < -0.39 is 6.03 Å². The molecule has 0 aromatic heterocycles. The van der Waals surface area contributed by atoms with E-state index in [0.29, 0.717) is 12.1 Å². The van der Waals surface area contributed by atoms with Crippen LogP contribution < -0.4 is 16.4 Å². The van der Waals surface area contributed by atoms with E-state index in [4.69, 9.17) is 5.73 Å². The Morgan fingerprint density at radius 1 is 1.33 bits per heavy atom. The summed E-state index contributed by atoms with van der Waals surface area (Å²) in [6.07, 6.45) is 2.10. The largest absolute Gasteiger partial charge is 0.352 e. The summed E-state index contributed by atoms with van der Waals surface area (Å²) in [5.41, 5.74) is 6.62. The smallest absolute Gasteiger partial charge is 0.312 e. The molecule has 1 fully saturated rings. The van der Waals surface area contributed by atoms with Gasteiger partial charge in [0.15, 0.2) is 0 Å². The fraction of sp³-hybridized carbons (Fsp3) is 0.467. The predicted octanol–water partition coefficient (Wildman–Crippen LogP) is 0.679. The van der Waals surface area contributed by atoms with Crippen molar-refractivity contribution in [2.45, 2.75) is 25.4 Å². The minimum absolute atomic E-state index is 0.0714. The predicted molar refractivity (Wildman–Crippen MR) is 80.9 cm³/mol. The molecule has 1 atom stereocenters. The van der Waals surface area contributed by atoms with Crippen LogP contribution >= 0.6 is 0 Å². The van der Waals surface area contributed by atoms with Crippen LogP contribution in [0.15, 0.2) is 24.3 Å². The third-order valence-corrected chi connectivity index (χ3v) is 3.75. The zero-order valence-corrected chi connectivity index (χ0v) is 12.3. The fourth-order valence-electron chi connectivity index (χ4n) is 2.67. The lowest BCUT2D eigenvalue weighted by molar-refractivity contribution is 0.0737. The van der Waals surface area contributed by atoms with Gasteiger partial charge in [0.2, 0.25) is 0 Å². The number of carbonyl (C=O) groups is 2. The molecule has 0 unspecified atom stereocenters. The van der Waals surface area contributed by atoms with Gasteiger partial charge < -0.3 is 21.3 Å². The highest BCUT2D eigenvalue weighted by atomic mass is 16.2. The van der Waals surface area contributed by atoms with Crippen molar-refractivity contribution in [3.05, 3.63) is 35.4 Å². The van der Waals surface area contributed by atoms with Crippen molar-refractivity contribution in [1.82, 2.24) is 15.5 Å². The van der Waals surface area contributed by atoms with Crippen LogP contribution in [0.2, 0.25) is 0 Å².